The minimum Gasteiger partial charge on any atom is -0.495 e. The van der Waals surface area contributed by atoms with E-state index in [0.717, 1.165) is 36.6 Å². The summed E-state index contributed by atoms with van der Waals surface area (Å²) in [5, 5.41) is 5.36. The summed E-state index contributed by atoms with van der Waals surface area (Å²) in [4.78, 5) is 31.7. The highest BCUT2D eigenvalue weighted by atomic mass is 35.5. The highest BCUT2D eigenvalue weighted by Crippen LogP contribution is 2.28. The molecular formula is C25H26ClN3O3. The number of carbonyl (C=O) groups is 2. The lowest BCUT2D eigenvalue weighted by Crippen LogP contribution is -2.40. The SMILES string of the molecule is COc1ccc(NC(=O)CC[C@H]2CCCN(C(=O)c3cc4ccccc4cn3)C2)cc1Cl. The number of hydrogen-bond donors (Lipinski definition) is 1. The third kappa shape index (κ3) is 5.19. The van der Waals surface area contributed by atoms with E-state index in [1.165, 1.54) is 0 Å². The molecule has 0 bridgehead atoms. The van der Waals surface area contributed by atoms with Gasteiger partial charge in [-0.2, -0.15) is 0 Å². The largest absolute Gasteiger partial charge is 0.495 e. The minimum atomic E-state index is -0.0640. The van der Waals surface area contributed by atoms with Gasteiger partial charge in [-0.25, -0.2) is 0 Å². The number of hydrogen-bond acceptors (Lipinski definition) is 4. The number of piperidine rings is 1. The van der Waals surface area contributed by atoms with Crippen molar-refractivity contribution >= 4 is 39.9 Å². The van der Waals surface area contributed by atoms with Gasteiger partial charge < -0.3 is 15.0 Å². The summed E-state index contributed by atoms with van der Waals surface area (Å²) in [5.74, 6) is 0.750. The van der Waals surface area contributed by atoms with Gasteiger partial charge in [-0.3, -0.25) is 14.6 Å². The van der Waals surface area contributed by atoms with Gasteiger partial charge in [0.1, 0.15) is 11.4 Å². The fraction of sp³-hybridized carbons (Fsp3) is 0.320. The molecule has 2 heterocycles. The first kappa shape index (κ1) is 22.1. The minimum absolute atomic E-state index is 0.0437. The number of nitrogens with one attached hydrogen (secondary N) is 1. The maximum Gasteiger partial charge on any atom is 0.272 e. The van der Waals surface area contributed by atoms with Crippen LogP contribution in [0.1, 0.15) is 36.2 Å². The van der Waals surface area contributed by atoms with E-state index in [2.05, 4.69) is 10.3 Å². The van der Waals surface area contributed by atoms with E-state index in [1.807, 2.05) is 35.2 Å². The number of likely N-dealkylation sites (tertiary alicyclic amines) is 1. The van der Waals surface area contributed by atoms with Crippen molar-refractivity contribution in [3.63, 3.8) is 0 Å². The second-order valence-electron chi connectivity index (χ2n) is 8.11. The van der Waals surface area contributed by atoms with E-state index in [-0.39, 0.29) is 11.8 Å². The molecule has 4 rings (SSSR count). The van der Waals surface area contributed by atoms with Gasteiger partial charge in [0, 0.05) is 36.8 Å². The summed E-state index contributed by atoms with van der Waals surface area (Å²) in [7, 11) is 1.55. The van der Waals surface area contributed by atoms with Crippen LogP contribution in [0, 0.1) is 5.92 Å². The zero-order valence-electron chi connectivity index (χ0n) is 18.0. The number of fused-ring (bicyclic) bond motifs is 1. The average molecular weight is 452 g/mol. The first-order valence-electron chi connectivity index (χ1n) is 10.8. The Morgan fingerprint density at radius 3 is 2.78 bits per heavy atom. The van der Waals surface area contributed by atoms with Crippen molar-refractivity contribution in [2.24, 2.45) is 5.92 Å². The number of rotatable bonds is 6. The monoisotopic (exact) mass is 451 g/mol. The smallest absolute Gasteiger partial charge is 0.272 e. The van der Waals surface area contributed by atoms with Gasteiger partial charge in [-0.05, 0) is 54.8 Å². The number of carbonyl (C=O) groups excluding carboxylic acids is 2. The predicted molar refractivity (Wildman–Crippen MR) is 126 cm³/mol. The Bertz CT molecular complexity index is 1130. The third-order valence-corrected chi connectivity index (χ3v) is 6.17. The van der Waals surface area contributed by atoms with Crippen LogP contribution in [-0.4, -0.2) is 41.9 Å². The number of anilines is 1. The Morgan fingerprint density at radius 2 is 2.00 bits per heavy atom. The van der Waals surface area contributed by atoms with Crippen LogP contribution in [0.4, 0.5) is 5.69 Å². The summed E-state index contributed by atoms with van der Waals surface area (Å²) < 4.78 is 5.13. The average Bonchev–Trinajstić information content (AvgIpc) is 2.82. The van der Waals surface area contributed by atoms with Crippen LogP contribution >= 0.6 is 11.6 Å². The van der Waals surface area contributed by atoms with Crippen LogP contribution in [-0.2, 0) is 4.79 Å². The molecule has 1 N–H and O–H groups in total. The van der Waals surface area contributed by atoms with Crippen LogP contribution < -0.4 is 10.1 Å². The summed E-state index contributed by atoms with van der Waals surface area (Å²) in [6, 6.07) is 14.9. The van der Waals surface area contributed by atoms with Gasteiger partial charge >= 0.3 is 0 Å². The molecule has 1 fully saturated rings. The van der Waals surface area contributed by atoms with E-state index in [0.29, 0.717) is 41.0 Å². The molecule has 2 amide bonds. The predicted octanol–water partition coefficient (Wildman–Crippen LogP) is 5.17. The number of halogens is 1. The van der Waals surface area contributed by atoms with Gasteiger partial charge in [-0.1, -0.05) is 35.9 Å². The van der Waals surface area contributed by atoms with Crippen molar-refractivity contribution in [1.29, 1.82) is 0 Å². The zero-order chi connectivity index (χ0) is 22.5. The summed E-state index contributed by atoms with van der Waals surface area (Å²) in [5.41, 5.74) is 1.11. The van der Waals surface area contributed by atoms with Crippen molar-refractivity contribution in [2.45, 2.75) is 25.7 Å². The molecule has 6 nitrogen and oxygen atoms in total. The molecule has 0 saturated carbocycles. The molecule has 1 aromatic heterocycles. The first-order valence-corrected chi connectivity index (χ1v) is 11.2. The molecule has 1 saturated heterocycles. The number of benzene rings is 2. The molecule has 7 heteroatoms. The summed E-state index contributed by atoms with van der Waals surface area (Å²) >= 11 is 6.12. The number of methoxy groups -OCH3 is 1. The summed E-state index contributed by atoms with van der Waals surface area (Å²) in [6.07, 6.45) is 4.81. The normalized spacial score (nSPS) is 16.1. The Morgan fingerprint density at radius 1 is 1.19 bits per heavy atom. The lowest BCUT2D eigenvalue weighted by molar-refractivity contribution is -0.116. The van der Waals surface area contributed by atoms with E-state index < -0.39 is 0 Å². The molecule has 0 unspecified atom stereocenters. The van der Waals surface area contributed by atoms with Gasteiger partial charge in [0.15, 0.2) is 0 Å². The Labute approximate surface area is 192 Å². The topological polar surface area (TPSA) is 71.5 Å². The molecule has 3 aromatic rings. The lowest BCUT2D eigenvalue weighted by atomic mass is 9.93. The van der Waals surface area contributed by atoms with E-state index in [9.17, 15) is 9.59 Å². The Hall–Kier alpha value is -3.12. The van der Waals surface area contributed by atoms with Crippen LogP contribution in [0.15, 0.2) is 54.7 Å². The van der Waals surface area contributed by atoms with Gasteiger partial charge in [0.2, 0.25) is 5.91 Å². The number of ether oxygens (including phenoxy) is 1. The van der Waals surface area contributed by atoms with Crippen molar-refractivity contribution in [1.82, 2.24) is 9.88 Å². The van der Waals surface area contributed by atoms with E-state index >= 15 is 0 Å². The third-order valence-electron chi connectivity index (χ3n) is 5.87. The first-order chi connectivity index (χ1) is 15.5. The highest BCUT2D eigenvalue weighted by Gasteiger charge is 2.25. The number of nitrogens with zero attached hydrogens (tertiary/aromatic N) is 2. The quantitative estimate of drug-likeness (QED) is 0.561. The summed E-state index contributed by atoms with van der Waals surface area (Å²) in [6.45, 7) is 1.37. The van der Waals surface area contributed by atoms with Crippen LogP contribution in [0.5, 0.6) is 5.75 Å². The Kier molecular flexibility index (Phi) is 6.90. The Balaban J connectivity index is 1.32. The number of amides is 2. The van der Waals surface area contributed by atoms with Crippen molar-refractivity contribution < 1.29 is 14.3 Å². The second-order valence-corrected chi connectivity index (χ2v) is 8.52. The van der Waals surface area contributed by atoms with Crippen molar-refractivity contribution in [3.8, 4) is 5.75 Å². The van der Waals surface area contributed by atoms with Gasteiger partial charge in [0.05, 0.1) is 12.1 Å². The fourth-order valence-electron chi connectivity index (χ4n) is 4.15. The standard InChI is InChI=1S/C25H26ClN3O3/c1-32-23-10-9-20(14-21(23)26)28-24(30)11-8-17-5-4-12-29(16-17)25(31)22-13-18-6-2-3-7-19(18)15-27-22/h2-3,6-7,9-10,13-15,17H,4-5,8,11-12,16H2,1H3,(H,28,30)/t17-/m1/s1. The molecule has 166 valence electrons. The fourth-order valence-corrected chi connectivity index (χ4v) is 4.41. The van der Waals surface area contributed by atoms with E-state index in [1.54, 1.807) is 31.5 Å². The van der Waals surface area contributed by atoms with Crippen LogP contribution in [0.2, 0.25) is 5.02 Å². The molecule has 2 aromatic carbocycles. The maximum absolute atomic E-state index is 13.0. The second kappa shape index (κ2) is 10.0. The molecular weight excluding hydrogens is 426 g/mol. The molecule has 1 atom stereocenters. The maximum atomic E-state index is 13.0. The molecule has 0 spiro atoms. The van der Waals surface area contributed by atoms with Crippen LogP contribution in [0.3, 0.4) is 0 Å². The van der Waals surface area contributed by atoms with Crippen molar-refractivity contribution in [3.05, 3.63) is 65.4 Å². The van der Waals surface area contributed by atoms with Gasteiger partial charge in [-0.15, -0.1) is 0 Å². The van der Waals surface area contributed by atoms with Gasteiger partial charge in [0.25, 0.3) is 5.91 Å². The number of pyridine rings is 1. The lowest BCUT2D eigenvalue weighted by Gasteiger charge is -2.32. The highest BCUT2D eigenvalue weighted by molar-refractivity contribution is 6.32. The van der Waals surface area contributed by atoms with Crippen LogP contribution in [0.25, 0.3) is 10.8 Å². The van der Waals surface area contributed by atoms with Crippen molar-refractivity contribution in [2.75, 3.05) is 25.5 Å². The molecule has 1 aliphatic heterocycles. The zero-order valence-corrected chi connectivity index (χ0v) is 18.8. The molecule has 1 aliphatic rings. The molecule has 0 radical (unpaired) electrons. The molecule has 0 aliphatic carbocycles. The molecule has 32 heavy (non-hydrogen) atoms. The van der Waals surface area contributed by atoms with E-state index in [4.69, 9.17) is 16.3 Å². The number of aromatic nitrogens is 1.